The minimum Gasteiger partial charge on any atom is -0.370 e. The molecule has 2 N–H and O–H groups in total. The summed E-state index contributed by atoms with van der Waals surface area (Å²) in [4.78, 5) is 18.5. The zero-order chi connectivity index (χ0) is 34.5. The molecule has 3 aliphatic heterocycles. The maximum atomic E-state index is 13.4. The van der Waals surface area contributed by atoms with Gasteiger partial charge in [-0.1, -0.05) is 49.4 Å². The lowest BCUT2D eigenvalue weighted by molar-refractivity contribution is 0.237. The van der Waals surface area contributed by atoms with Crippen LogP contribution in [0.3, 0.4) is 0 Å². The first kappa shape index (κ1) is 37.6. The number of aromatic nitrogens is 1. The Labute approximate surface area is 303 Å². The van der Waals surface area contributed by atoms with Gasteiger partial charge in [0.2, 0.25) is 20.0 Å². The summed E-state index contributed by atoms with van der Waals surface area (Å²) in [5.74, 6) is 1.14. The largest absolute Gasteiger partial charge is 0.370 e. The monoisotopic (exact) mass is 806 g/mol. The van der Waals surface area contributed by atoms with Crippen LogP contribution in [0.25, 0.3) is 0 Å². The second-order valence-corrected chi connectivity index (χ2v) is 18.5. The van der Waals surface area contributed by atoms with Gasteiger partial charge in [-0.15, -0.1) is 0 Å². The molecular weight excluding hydrogens is 763 g/mol. The Morgan fingerprint density at radius 2 is 1.52 bits per heavy atom. The van der Waals surface area contributed by atoms with E-state index >= 15 is 0 Å². The normalized spacial score (nSPS) is 20.7. The van der Waals surface area contributed by atoms with E-state index in [0.29, 0.717) is 53.9 Å². The maximum absolute atomic E-state index is 13.4. The van der Waals surface area contributed by atoms with Gasteiger partial charge in [0.15, 0.2) is 0 Å². The molecule has 1 unspecified atom stereocenters. The SMILES string of the molecule is CCCNC(=O)NC1CCN(S(=O)(=O)c2ccc(N3CCC(CCCC4CCN(S(=O)(=O)c5cnc(Cl)c(Br)c5)CC4)CC3)c(Cl)c2)C1. The number of benzene rings is 1. The summed E-state index contributed by atoms with van der Waals surface area (Å²) >= 11 is 15.9. The summed E-state index contributed by atoms with van der Waals surface area (Å²) in [7, 11) is -7.33. The van der Waals surface area contributed by atoms with E-state index in [1.54, 1.807) is 16.4 Å². The van der Waals surface area contributed by atoms with Gasteiger partial charge in [-0.3, -0.25) is 0 Å². The predicted molar refractivity (Wildman–Crippen MR) is 193 cm³/mol. The Balaban J connectivity index is 1.04. The lowest BCUT2D eigenvalue weighted by Gasteiger charge is -2.35. The first-order valence-corrected chi connectivity index (χ1v) is 21.2. The number of nitrogens with zero attached hydrogens (tertiary/aromatic N) is 4. The number of anilines is 1. The van der Waals surface area contributed by atoms with Crippen molar-refractivity contribution in [3.05, 3.63) is 45.1 Å². The van der Waals surface area contributed by atoms with E-state index < -0.39 is 20.0 Å². The molecule has 2 aromatic rings. The van der Waals surface area contributed by atoms with E-state index in [-0.39, 0.29) is 33.6 Å². The predicted octanol–water partition coefficient (Wildman–Crippen LogP) is 6.11. The average molecular weight is 809 g/mol. The quantitative estimate of drug-likeness (QED) is 0.248. The molecule has 2 amide bonds. The van der Waals surface area contributed by atoms with E-state index in [4.69, 9.17) is 23.2 Å². The number of carbonyl (C=O) groups excluding carboxylic acids is 1. The van der Waals surface area contributed by atoms with Crippen molar-refractivity contribution in [1.29, 1.82) is 0 Å². The zero-order valence-corrected chi connectivity index (χ0v) is 31.9. The van der Waals surface area contributed by atoms with Gasteiger partial charge in [0.1, 0.15) is 10.0 Å². The molecule has 5 rings (SSSR count). The van der Waals surface area contributed by atoms with Crippen molar-refractivity contribution >= 4 is 70.9 Å². The number of piperidine rings is 2. The van der Waals surface area contributed by atoms with Crippen LogP contribution in [-0.4, -0.2) is 88.3 Å². The number of rotatable bonds is 12. The van der Waals surface area contributed by atoms with Gasteiger partial charge in [0, 0.05) is 58.1 Å². The lowest BCUT2D eigenvalue weighted by Crippen LogP contribution is -2.44. The van der Waals surface area contributed by atoms with Crippen LogP contribution < -0.4 is 15.5 Å². The molecule has 4 heterocycles. The highest BCUT2D eigenvalue weighted by Crippen LogP contribution is 2.35. The summed E-state index contributed by atoms with van der Waals surface area (Å²) in [6.07, 6.45) is 9.89. The van der Waals surface area contributed by atoms with E-state index in [0.717, 1.165) is 70.1 Å². The minimum atomic E-state index is -3.73. The molecule has 48 heavy (non-hydrogen) atoms. The molecule has 1 atom stereocenters. The summed E-state index contributed by atoms with van der Waals surface area (Å²) in [5, 5.41) is 6.29. The highest BCUT2D eigenvalue weighted by molar-refractivity contribution is 9.10. The molecule has 0 aliphatic carbocycles. The number of hydrogen-bond acceptors (Lipinski definition) is 7. The standard InChI is InChI=1S/C32H45BrCl2N6O5S2/c1-2-13-36-32(42)38-25-12-18-41(22-25)47(43,44)26-6-7-30(29(34)20-26)39-14-8-23(9-15-39)4-3-5-24-10-16-40(17-11-24)48(45,46)27-19-28(33)31(35)37-21-27/h6-7,19-21,23-25H,2-5,8-18,22H2,1H3,(H2,36,38,42). The topological polar surface area (TPSA) is 132 Å². The molecule has 0 saturated carbocycles. The van der Waals surface area contributed by atoms with Crippen LogP contribution in [0.5, 0.6) is 0 Å². The average Bonchev–Trinajstić information content (AvgIpc) is 3.55. The summed E-state index contributed by atoms with van der Waals surface area (Å²) in [6.45, 7) is 5.88. The molecular formula is C32H45BrCl2N6O5S2. The maximum Gasteiger partial charge on any atom is 0.315 e. The number of urea groups is 1. The third-order valence-electron chi connectivity index (χ3n) is 9.74. The van der Waals surface area contributed by atoms with Gasteiger partial charge in [0.25, 0.3) is 0 Å². The Hall–Kier alpha value is -1.68. The molecule has 3 fully saturated rings. The van der Waals surface area contributed by atoms with Crippen LogP contribution in [0.2, 0.25) is 10.2 Å². The van der Waals surface area contributed by atoms with Crippen molar-refractivity contribution in [2.45, 2.75) is 80.5 Å². The molecule has 0 bridgehead atoms. The van der Waals surface area contributed by atoms with Crippen molar-refractivity contribution in [3.8, 4) is 0 Å². The van der Waals surface area contributed by atoms with E-state index in [1.165, 1.54) is 16.6 Å². The van der Waals surface area contributed by atoms with Gasteiger partial charge in [-0.25, -0.2) is 26.6 Å². The number of amides is 2. The van der Waals surface area contributed by atoms with Crippen LogP contribution in [0, 0.1) is 11.8 Å². The fourth-order valence-electron chi connectivity index (χ4n) is 6.88. The van der Waals surface area contributed by atoms with Crippen LogP contribution in [-0.2, 0) is 20.0 Å². The lowest BCUT2D eigenvalue weighted by atomic mass is 9.87. The molecule has 1 aromatic heterocycles. The number of nitrogens with one attached hydrogen (secondary N) is 2. The third kappa shape index (κ3) is 9.15. The molecule has 266 valence electrons. The first-order chi connectivity index (χ1) is 22.9. The Bertz CT molecular complexity index is 1650. The highest BCUT2D eigenvalue weighted by atomic mass is 79.9. The van der Waals surface area contributed by atoms with Gasteiger partial charge in [-0.05, 0) is 90.6 Å². The molecule has 3 aliphatic rings. The smallest absolute Gasteiger partial charge is 0.315 e. The van der Waals surface area contributed by atoms with Crippen LogP contribution in [0.4, 0.5) is 10.5 Å². The second kappa shape index (κ2) is 16.6. The minimum absolute atomic E-state index is 0.157. The van der Waals surface area contributed by atoms with E-state index in [1.807, 2.05) is 13.0 Å². The van der Waals surface area contributed by atoms with Crippen molar-refractivity contribution in [1.82, 2.24) is 24.2 Å². The molecule has 0 spiro atoms. The Morgan fingerprint density at radius 3 is 2.15 bits per heavy atom. The number of sulfonamides is 2. The van der Waals surface area contributed by atoms with Crippen molar-refractivity contribution in [2.24, 2.45) is 11.8 Å². The molecule has 16 heteroatoms. The molecule has 11 nitrogen and oxygen atoms in total. The summed E-state index contributed by atoms with van der Waals surface area (Å²) in [5.41, 5.74) is 0.853. The summed E-state index contributed by atoms with van der Waals surface area (Å²) < 4.78 is 56.3. The van der Waals surface area contributed by atoms with Gasteiger partial charge < -0.3 is 15.5 Å². The second-order valence-electron chi connectivity index (χ2n) is 13.0. The molecule has 0 radical (unpaired) electrons. The number of hydrogen-bond donors (Lipinski definition) is 2. The number of halogens is 3. The Morgan fingerprint density at radius 1 is 0.896 bits per heavy atom. The van der Waals surface area contributed by atoms with E-state index in [2.05, 4.69) is 36.4 Å². The van der Waals surface area contributed by atoms with Crippen LogP contribution in [0.1, 0.15) is 64.7 Å². The van der Waals surface area contributed by atoms with Gasteiger partial charge in [0.05, 0.1) is 20.1 Å². The fourth-order valence-corrected chi connectivity index (χ4v) is 10.8. The highest BCUT2D eigenvalue weighted by Gasteiger charge is 2.34. The zero-order valence-electron chi connectivity index (χ0n) is 27.2. The molecule has 1 aromatic carbocycles. The van der Waals surface area contributed by atoms with Crippen molar-refractivity contribution in [2.75, 3.05) is 50.7 Å². The Kier molecular flexibility index (Phi) is 13.0. The summed E-state index contributed by atoms with van der Waals surface area (Å²) in [6, 6.07) is 6.01. The number of pyridine rings is 1. The first-order valence-electron chi connectivity index (χ1n) is 16.8. The van der Waals surface area contributed by atoms with Crippen molar-refractivity contribution < 1.29 is 21.6 Å². The van der Waals surface area contributed by atoms with Gasteiger partial charge >= 0.3 is 6.03 Å². The van der Waals surface area contributed by atoms with E-state index in [9.17, 15) is 21.6 Å². The third-order valence-corrected chi connectivity index (χ3v) is 14.9. The van der Waals surface area contributed by atoms with Gasteiger partial charge in [-0.2, -0.15) is 8.61 Å². The molecule has 3 saturated heterocycles. The fraction of sp³-hybridized carbons (Fsp3) is 0.625. The van der Waals surface area contributed by atoms with Crippen LogP contribution >= 0.6 is 39.1 Å². The van der Waals surface area contributed by atoms with Crippen molar-refractivity contribution in [3.63, 3.8) is 0 Å². The van der Waals surface area contributed by atoms with Crippen LogP contribution in [0.15, 0.2) is 44.7 Å². The number of carbonyl (C=O) groups is 1.